The Labute approximate surface area is 221 Å². The molecule has 0 saturated carbocycles. The van der Waals surface area contributed by atoms with Crippen LogP contribution in [-0.2, 0) is 0 Å². The largest absolute Gasteiger partial charge is 0.497 e. The number of hydrogen-bond donors (Lipinski definition) is 3. The summed E-state index contributed by atoms with van der Waals surface area (Å²) in [6, 6.07) is 15.7. The van der Waals surface area contributed by atoms with E-state index in [2.05, 4.69) is 51.4 Å². The summed E-state index contributed by atoms with van der Waals surface area (Å²) in [6.45, 7) is 6.18. The number of fused-ring (bicyclic) bond motifs is 1. The van der Waals surface area contributed by atoms with Gasteiger partial charge in [-0.1, -0.05) is 26.0 Å². The molecule has 0 bridgehead atoms. The van der Waals surface area contributed by atoms with Crippen molar-refractivity contribution in [3.8, 4) is 22.7 Å². The number of imidazole rings is 1. The Morgan fingerprint density at radius 3 is 2.66 bits per heavy atom. The number of aromatic nitrogens is 5. The van der Waals surface area contributed by atoms with E-state index in [1.54, 1.807) is 25.0 Å². The number of ether oxygens (including phenoxy) is 1. The van der Waals surface area contributed by atoms with Crippen LogP contribution in [0.2, 0.25) is 0 Å². The highest BCUT2D eigenvalue weighted by molar-refractivity contribution is 6.11. The van der Waals surface area contributed by atoms with Crippen molar-refractivity contribution in [2.24, 2.45) is 0 Å². The summed E-state index contributed by atoms with van der Waals surface area (Å²) in [4.78, 5) is 25.0. The molecule has 1 atom stereocenters. The number of aromatic amines is 2. The molecule has 3 aromatic heterocycles. The van der Waals surface area contributed by atoms with Crippen LogP contribution in [-0.4, -0.2) is 44.7 Å². The number of hydrogen-bond acceptors (Lipinski definition) is 5. The number of benzene rings is 2. The first-order chi connectivity index (χ1) is 18.4. The highest BCUT2D eigenvalue weighted by Crippen LogP contribution is 2.33. The summed E-state index contributed by atoms with van der Waals surface area (Å²) in [5.41, 5.74) is 6.59. The topological polar surface area (TPSA) is 101 Å². The number of nitrogens with one attached hydrogen (secondary N) is 3. The van der Waals surface area contributed by atoms with Crippen molar-refractivity contribution in [2.45, 2.75) is 33.1 Å². The average molecular weight is 509 g/mol. The Bertz CT molecular complexity index is 1620. The van der Waals surface area contributed by atoms with Gasteiger partial charge in [-0.25, -0.2) is 9.67 Å². The van der Waals surface area contributed by atoms with Crippen LogP contribution in [0.25, 0.3) is 28.0 Å². The van der Waals surface area contributed by atoms with Crippen LogP contribution in [0.5, 0.6) is 5.75 Å². The van der Waals surface area contributed by atoms with Crippen LogP contribution in [0.15, 0.2) is 66.9 Å². The molecular formula is C30H32N6O2. The minimum atomic E-state index is -0.133. The summed E-state index contributed by atoms with van der Waals surface area (Å²) < 4.78 is 7.07. The quantitative estimate of drug-likeness (QED) is 0.158. The second-order valence-electron chi connectivity index (χ2n) is 9.29. The minimum absolute atomic E-state index is 0.126. The summed E-state index contributed by atoms with van der Waals surface area (Å²) in [7, 11) is 3.45. The van der Waals surface area contributed by atoms with E-state index in [1.807, 2.05) is 55.5 Å². The maximum absolute atomic E-state index is 13.8. The first-order valence-electron chi connectivity index (χ1n) is 12.7. The molecule has 194 valence electrons. The van der Waals surface area contributed by atoms with E-state index in [0.29, 0.717) is 17.1 Å². The van der Waals surface area contributed by atoms with Crippen molar-refractivity contribution in [2.75, 3.05) is 19.5 Å². The van der Waals surface area contributed by atoms with Gasteiger partial charge < -0.3 is 20.0 Å². The molecule has 0 saturated heterocycles. The number of carbonyl (C=O) groups is 1. The fourth-order valence-electron chi connectivity index (χ4n) is 4.75. The van der Waals surface area contributed by atoms with Crippen LogP contribution in [0, 0.1) is 6.92 Å². The molecule has 5 aromatic rings. The highest BCUT2D eigenvalue weighted by atomic mass is 16.5. The van der Waals surface area contributed by atoms with Crippen LogP contribution in [0.4, 0.5) is 5.82 Å². The third-order valence-electron chi connectivity index (χ3n) is 6.70. The lowest BCUT2D eigenvalue weighted by Crippen LogP contribution is -2.08. The smallest absolute Gasteiger partial charge is 0.214 e. The molecule has 0 fully saturated rings. The van der Waals surface area contributed by atoms with Crippen LogP contribution in [0.3, 0.4) is 0 Å². The Morgan fingerprint density at radius 1 is 1.16 bits per heavy atom. The SMILES string of the molecule is CC/C=C\[C@H](C)c1cc(C(=O)c2cnn(-c3ccc4nc(C)[nH]c4c3)c2NC)[nH]c1-c1ccc(OC)cc1. The minimum Gasteiger partial charge on any atom is -0.497 e. The number of carbonyl (C=O) groups excluding carboxylic acids is 1. The third-order valence-corrected chi connectivity index (χ3v) is 6.70. The van der Waals surface area contributed by atoms with Crippen molar-refractivity contribution in [1.82, 2.24) is 24.7 Å². The van der Waals surface area contributed by atoms with Crippen molar-refractivity contribution in [1.29, 1.82) is 0 Å². The lowest BCUT2D eigenvalue weighted by molar-refractivity contribution is 0.103. The molecule has 0 radical (unpaired) electrons. The van der Waals surface area contributed by atoms with E-state index in [-0.39, 0.29) is 11.7 Å². The highest BCUT2D eigenvalue weighted by Gasteiger charge is 2.24. The maximum Gasteiger partial charge on any atom is 0.214 e. The molecule has 3 N–H and O–H groups in total. The fourth-order valence-corrected chi connectivity index (χ4v) is 4.75. The van der Waals surface area contributed by atoms with E-state index in [9.17, 15) is 4.79 Å². The normalized spacial score (nSPS) is 12.3. The molecular weight excluding hydrogens is 476 g/mol. The van der Waals surface area contributed by atoms with Crippen LogP contribution < -0.4 is 10.1 Å². The molecule has 5 rings (SSSR count). The van der Waals surface area contributed by atoms with Crippen molar-refractivity contribution >= 4 is 22.6 Å². The number of H-pyrrole nitrogens is 2. The molecule has 8 nitrogen and oxygen atoms in total. The summed E-state index contributed by atoms with van der Waals surface area (Å²) in [5, 5.41) is 7.74. The zero-order valence-corrected chi connectivity index (χ0v) is 22.3. The molecule has 2 aromatic carbocycles. The van der Waals surface area contributed by atoms with Crippen molar-refractivity contribution in [3.05, 3.63) is 89.5 Å². The van der Waals surface area contributed by atoms with Gasteiger partial charge in [0.15, 0.2) is 0 Å². The molecule has 0 aliphatic rings. The number of methoxy groups -OCH3 is 1. The third kappa shape index (κ3) is 4.61. The summed E-state index contributed by atoms with van der Waals surface area (Å²) in [6.07, 6.45) is 6.89. The number of anilines is 1. The summed E-state index contributed by atoms with van der Waals surface area (Å²) in [5.74, 6) is 2.24. The second-order valence-corrected chi connectivity index (χ2v) is 9.29. The summed E-state index contributed by atoms with van der Waals surface area (Å²) >= 11 is 0. The standard InChI is InChI=1S/C30H32N6O2/c1-6-7-8-18(2)23-16-27(35-28(23)20-9-12-22(38-5)13-10-20)29(37)24-17-32-36(30(24)31-4)21-11-14-25-26(15-21)34-19(3)33-25/h7-18,31,35H,6H2,1-5H3,(H,33,34)/b8-7-/t18-/m0/s1. The van der Waals surface area contributed by atoms with Gasteiger partial charge in [0.2, 0.25) is 5.78 Å². The van der Waals surface area contributed by atoms with E-state index < -0.39 is 0 Å². The maximum atomic E-state index is 13.8. The molecule has 0 aliphatic carbocycles. The van der Waals surface area contributed by atoms with Gasteiger partial charge in [-0.2, -0.15) is 5.10 Å². The number of aryl methyl sites for hydroxylation is 1. The second kappa shape index (κ2) is 10.4. The predicted octanol–water partition coefficient (Wildman–Crippen LogP) is 6.40. The van der Waals surface area contributed by atoms with E-state index in [4.69, 9.17) is 4.74 Å². The average Bonchev–Trinajstić information content (AvgIpc) is 3.66. The monoisotopic (exact) mass is 508 g/mol. The first kappa shape index (κ1) is 25.1. The number of allylic oxidation sites excluding steroid dienone is 2. The number of rotatable bonds is 9. The van der Waals surface area contributed by atoms with Gasteiger partial charge in [0.25, 0.3) is 0 Å². The van der Waals surface area contributed by atoms with Gasteiger partial charge in [0.05, 0.1) is 41.3 Å². The van der Waals surface area contributed by atoms with Gasteiger partial charge >= 0.3 is 0 Å². The Balaban J connectivity index is 1.55. The molecule has 0 amide bonds. The van der Waals surface area contributed by atoms with Crippen LogP contribution >= 0.6 is 0 Å². The number of ketones is 1. The molecule has 0 unspecified atom stereocenters. The molecule has 0 aliphatic heterocycles. The number of nitrogens with zero attached hydrogens (tertiary/aromatic N) is 3. The van der Waals surface area contributed by atoms with E-state index in [0.717, 1.165) is 51.5 Å². The van der Waals surface area contributed by atoms with Crippen molar-refractivity contribution < 1.29 is 9.53 Å². The Hall–Kier alpha value is -4.59. The lowest BCUT2D eigenvalue weighted by atomic mass is 9.96. The molecule has 8 heteroatoms. The van der Waals surface area contributed by atoms with E-state index >= 15 is 0 Å². The Morgan fingerprint density at radius 2 is 1.95 bits per heavy atom. The van der Waals surface area contributed by atoms with E-state index in [1.165, 1.54) is 0 Å². The van der Waals surface area contributed by atoms with Gasteiger partial charge in [0, 0.05) is 18.7 Å². The van der Waals surface area contributed by atoms with Gasteiger partial charge in [-0.15, -0.1) is 0 Å². The molecule has 3 heterocycles. The fraction of sp³-hybridized carbons (Fsp3) is 0.233. The Kier molecular flexibility index (Phi) is 6.87. The zero-order valence-electron chi connectivity index (χ0n) is 22.3. The molecule has 38 heavy (non-hydrogen) atoms. The van der Waals surface area contributed by atoms with Crippen LogP contribution in [0.1, 0.15) is 53.6 Å². The lowest BCUT2D eigenvalue weighted by Gasteiger charge is -2.09. The van der Waals surface area contributed by atoms with Gasteiger partial charge in [0.1, 0.15) is 17.4 Å². The van der Waals surface area contributed by atoms with Gasteiger partial charge in [-0.05, 0) is 73.0 Å². The first-order valence-corrected chi connectivity index (χ1v) is 12.7. The van der Waals surface area contributed by atoms with Crippen molar-refractivity contribution in [3.63, 3.8) is 0 Å². The molecule has 0 spiro atoms. The predicted molar refractivity (Wildman–Crippen MR) is 152 cm³/mol. The zero-order chi connectivity index (χ0) is 26.8. The van der Waals surface area contributed by atoms with Gasteiger partial charge in [-0.3, -0.25) is 4.79 Å².